The van der Waals surface area contributed by atoms with E-state index in [-0.39, 0.29) is 0 Å². The minimum atomic E-state index is 0.594. The zero-order valence-corrected chi connectivity index (χ0v) is 11.9. The van der Waals surface area contributed by atoms with Gasteiger partial charge in [-0.3, -0.25) is 0 Å². The van der Waals surface area contributed by atoms with Crippen LogP contribution in [0.4, 0.5) is 0 Å². The van der Waals surface area contributed by atoms with E-state index < -0.39 is 0 Å². The van der Waals surface area contributed by atoms with Crippen molar-refractivity contribution in [3.63, 3.8) is 0 Å². The first-order valence-electron chi connectivity index (χ1n) is 6.85. The molecule has 17 heavy (non-hydrogen) atoms. The fraction of sp³-hybridized carbons (Fsp3) is 0.846. The number of nitrogens with zero attached hydrogens (tertiary/aromatic N) is 2. The third-order valence-electron chi connectivity index (χ3n) is 4.26. The van der Waals surface area contributed by atoms with Gasteiger partial charge < -0.3 is 9.80 Å². The van der Waals surface area contributed by atoms with Gasteiger partial charge in [0.2, 0.25) is 0 Å². The molecule has 0 spiro atoms. The number of rotatable bonds is 2. The average molecular weight is 268 g/mol. The van der Waals surface area contributed by atoms with E-state index >= 15 is 0 Å². The van der Waals surface area contributed by atoms with Crippen LogP contribution in [0, 0.1) is 11.8 Å². The average Bonchev–Trinajstić information content (AvgIpc) is 2.80. The molecule has 2 heterocycles. The van der Waals surface area contributed by atoms with Crippen LogP contribution >= 0.6 is 24.4 Å². The van der Waals surface area contributed by atoms with Gasteiger partial charge in [0, 0.05) is 38.0 Å². The molecule has 3 aliphatic rings. The van der Waals surface area contributed by atoms with Gasteiger partial charge in [-0.05, 0) is 32.1 Å². The van der Waals surface area contributed by atoms with Crippen LogP contribution in [0.2, 0.25) is 0 Å². The Labute approximate surface area is 114 Å². The summed E-state index contributed by atoms with van der Waals surface area (Å²) in [5.74, 6) is 1.19. The van der Waals surface area contributed by atoms with Crippen molar-refractivity contribution in [2.45, 2.75) is 32.1 Å². The molecule has 2 saturated heterocycles. The summed E-state index contributed by atoms with van der Waals surface area (Å²) in [5, 5.41) is 0. The van der Waals surface area contributed by atoms with Crippen molar-refractivity contribution in [2.75, 3.05) is 26.2 Å². The molecule has 0 aromatic carbocycles. The highest BCUT2D eigenvalue weighted by Gasteiger charge is 2.46. The van der Waals surface area contributed by atoms with Crippen molar-refractivity contribution in [1.29, 1.82) is 0 Å². The molecule has 0 radical (unpaired) electrons. The summed E-state index contributed by atoms with van der Waals surface area (Å²) < 4.78 is 0. The topological polar surface area (TPSA) is 6.48 Å². The van der Waals surface area contributed by atoms with Crippen LogP contribution < -0.4 is 0 Å². The van der Waals surface area contributed by atoms with Crippen LogP contribution in [0.15, 0.2) is 0 Å². The Morgan fingerprint density at radius 1 is 0.706 bits per heavy atom. The van der Waals surface area contributed by atoms with Gasteiger partial charge in [0.05, 0.1) is 9.98 Å². The molecule has 0 bridgehead atoms. The molecule has 0 amide bonds. The van der Waals surface area contributed by atoms with E-state index in [4.69, 9.17) is 24.4 Å². The predicted molar refractivity (Wildman–Crippen MR) is 78.4 cm³/mol. The number of hydrogen-bond donors (Lipinski definition) is 0. The molecule has 0 unspecified atom stereocenters. The largest absolute Gasteiger partial charge is 0.366 e. The summed E-state index contributed by atoms with van der Waals surface area (Å²) in [6, 6.07) is 0. The van der Waals surface area contributed by atoms with Gasteiger partial charge >= 0.3 is 0 Å². The molecule has 0 aromatic rings. The lowest BCUT2D eigenvalue weighted by atomic mass is 10.2. The second kappa shape index (κ2) is 4.81. The van der Waals surface area contributed by atoms with Gasteiger partial charge in [0.15, 0.2) is 0 Å². The van der Waals surface area contributed by atoms with Crippen molar-refractivity contribution in [3.8, 4) is 0 Å². The van der Waals surface area contributed by atoms with Gasteiger partial charge in [0.25, 0.3) is 0 Å². The quantitative estimate of drug-likeness (QED) is 0.710. The first-order valence-corrected chi connectivity index (χ1v) is 7.66. The van der Waals surface area contributed by atoms with Crippen molar-refractivity contribution >= 4 is 34.4 Å². The Hall–Kier alpha value is -0.220. The maximum atomic E-state index is 5.62. The van der Waals surface area contributed by atoms with E-state index in [1.165, 1.54) is 68.3 Å². The van der Waals surface area contributed by atoms with Crippen molar-refractivity contribution in [3.05, 3.63) is 0 Å². The highest BCUT2D eigenvalue weighted by atomic mass is 32.1. The Kier molecular flexibility index (Phi) is 3.35. The monoisotopic (exact) mass is 268 g/mol. The highest BCUT2D eigenvalue weighted by Crippen LogP contribution is 2.43. The SMILES string of the molecule is S=C([C@H]1C[C@@H]1C(=S)N1CCCC1)N1CCCC1. The summed E-state index contributed by atoms with van der Waals surface area (Å²) in [5.41, 5.74) is 0. The predicted octanol–water partition coefficient (Wildman–Crippen LogP) is 2.47. The summed E-state index contributed by atoms with van der Waals surface area (Å²) >= 11 is 11.2. The van der Waals surface area contributed by atoms with E-state index in [0.29, 0.717) is 11.8 Å². The van der Waals surface area contributed by atoms with Crippen molar-refractivity contribution in [1.82, 2.24) is 9.80 Å². The molecule has 3 fully saturated rings. The van der Waals surface area contributed by atoms with E-state index in [1.54, 1.807) is 0 Å². The molecule has 3 rings (SSSR count). The smallest absolute Gasteiger partial charge is 0.0817 e. The molecule has 1 saturated carbocycles. The van der Waals surface area contributed by atoms with E-state index in [9.17, 15) is 0 Å². The zero-order chi connectivity index (χ0) is 11.8. The Morgan fingerprint density at radius 2 is 1.06 bits per heavy atom. The maximum absolute atomic E-state index is 5.62. The van der Waals surface area contributed by atoms with Crippen LogP contribution in [0.25, 0.3) is 0 Å². The number of hydrogen-bond acceptors (Lipinski definition) is 2. The van der Waals surface area contributed by atoms with Gasteiger partial charge in [-0.15, -0.1) is 0 Å². The molecule has 4 heteroatoms. The minimum absolute atomic E-state index is 0.594. The molecule has 0 N–H and O–H groups in total. The minimum Gasteiger partial charge on any atom is -0.366 e. The molecule has 94 valence electrons. The first kappa shape index (κ1) is 11.8. The van der Waals surface area contributed by atoms with Gasteiger partial charge in [0.1, 0.15) is 0 Å². The van der Waals surface area contributed by atoms with Gasteiger partial charge in [-0.2, -0.15) is 0 Å². The molecule has 2 nitrogen and oxygen atoms in total. The normalized spacial score (nSPS) is 32.0. The second-order valence-corrected chi connectivity index (χ2v) is 6.35. The fourth-order valence-electron chi connectivity index (χ4n) is 3.08. The van der Waals surface area contributed by atoms with Crippen LogP contribution in [0.5, 0.6) is 0 Å². The van der Waals surface area contributed by atoms with Crippen LogP contribution in [-0.2, 0) is 0 Å². The fourth-order valence-corrected chi connectivity index (χ4v) is 3.97. The number of likely N-dealkylation sites (tertiary alicyclic amines) is 2. The van der Waals surface area contributed by atoms with Crippen molar-refractivity contribution < 1.29 is 0 Å². The Morgan fingerprint density at radius 3 is 1.41 bits per heavy atom. The van der Waals surface area contributed by atoms with Crippen LogP contribution in [0.3, 0.4) is 0 Å². The van der Waals surface area contributed by atoms with Crippen LogP contribution in [-0.4, -0.2) is 46.0 Å². The Balaban J connectivity index is 1.54. The first-order chi connectivity index (χ1) is 8.27. The van der Waals surface area contributed by atoms with E-state index in [1.807, 2.05) is 0 Å². The Bertz CT molecular complexity index is 298. The zero-order valence-electron chi connectivity index (χ0n) is 10.2. The van der Waals surface area contributed by atoms with Crippen LogP contribution in [0.1, 0.15) is 32.1 Å². The molecular weight excluding hydrogens is 248 g/mol. The summed E-state index contributed by atoms with van der Waals surface area (Å²) in [7, 11) is 0. The summed E-state index contributed by atoms with van der Waals surface area (Å²) in [6.45, 7) is 4.72. The lowest BCUT2D eigenvalue weighted by molar-refractivity contribution is 0.501. The van der Waals surface area contributed by atoms with Gasteiger partial charge in [-0.1, -0.05) is 24.4 Å². The summed E-state index contributed by atoms with van der Waals surface area (Å²) in [6.07, 6.45) is 6.47. The lowest BCUT2D eigenvalue weighted by Gasteiger charge is -2.21. The number of thiocarbonyl (C=S) groups is 2. The molecule has 0 aromatic heterocycles. The third-order valence-corrected chi connectivity index (χ3v) is 5.38. The van der Waals surface area contributed by atoms with Gasteiger partial charge in [-0.25, -0.2) is 0 Å². The highest BCUT2D eigenvalue weighted by molar-refractivity contribution is 7.80. The molecule has 2 aliphatic heterocycles. The van der Waals surface area contributed by atoms with Crippen molar-refractivity contribution in [2.24, 2.45) is 11.8 Å². The molecule has 2 atom stereocenters. The maximum Gasteiger partial charge on any atom is 0.0817 e. The van der Waals surface area contributed by atoms with E-state index in [2.05, 4.69) is 9.80 Å². The summed E-state index contributed by atoms with van der Waals surface area (Å²) in [4.78, 5) is 7.22. The van der Waals surface area contributed by atoms with E-state index in [0.717, 1.165) is 0 Å². The standard InChI is InChI=1S/C13H20N2S2/c16-12(14-5-1-2-6-14)10-9-11(10)13(17)15-7-3-4-8-15/h10-11H,1-9H2/t10-,11-/m0/s1. The molecular formula is C13H20N2S2. The lowest BCUT2D eigenvalue weighted by Crippen LogP contribution is -2.32. The third kappa shape index (κ3) is 2.34. The molecule has 1 aliphatic carbocycles. The second-order valence-electron chi connectivity index (χ2n) is 5.51.